The first kappa shape index (κ1) is 16.8. The van der Waals surface area contributed by atoms with Crippen LogP contribution in [0.5, 0.6) is 0 Å². The summed E-state index contributed by atoms with van der Waals surface area (Å²) >= 11 is 0. The number of rotatable bonds is 5. The van der Waals surface area contributed by atoms with Crippen LogP contribution in [0.4, 0.5) is 5.82 Å². The molecule has 2 rings (SSSR count). The molecule has 23 heavy (non-hydrogen) atoms. The standard InChI is InChI=1S/C18H24N4O/c1-6-14(17(7-2)23-5)16-10-9-15(20-21-16)13-8-11-18(19-12-13)22(3)4/h6-8,10-12,21H,9H2,1-5H3/b14-6-,17-7+. The third kappa shape index (κ3) is 3.80. The Morgan fingerprint density at radius 2 is 2.04 bits per heavy atom. The zero-order valence-corrected chi connectivity index (χ0v) is 14.4. The van der Waals surface area contributed by atoms with Crippen molar-refractivity contribution in [2.75, 3.05) is 26.1 Å². The lowest BCUT2D eigenvalue weighted by atomic mass is 10.0. The van der Waals surface area contributed by atoms with Gasteiger partial charge in [-0.3, -0.25) is 5.43 Å². The third-order valence-electron chi connectivity index (χ3n) is 3.68. The summed E-state index contributed by atoms with van der Waals surface area (Å²) < 4.78 is 5.40. The summed E-state index contributed by atoms with van der Waals surface area (Å²) in [4.78, 5) is 6.41. The Hall–Kier alpha value is -2.56. The maximum atomic E-state index is 5.40. The van der Waals surface area contributed by atoms with Gasteiger partial charge in [0.25, 0.3) is 0 Å². The highest BCUT2D eigenvalue weighted by atomic mass is 16.5. The van der Waals surface area contributed by atoms with Crippen molar-refractivity contribution in [3.05, 3.63) is 59.2 Å². The van der Waals surface area contributed by atoms with Gasteiger partial charge in [-0.05, 0) is 32.1 Å². The summed E-state index contributed by atoms with van der Waals surface area (Å²) in [6.07, 6.45) is 8.70. The van der Waals surface area contributed by atoms with Gasteiger partial charge >= 0.3 is 0 Å². The molecule has 1 N–H and O–H groups in total. The van der Waals surface area contributed by atoms with Crippen molar-refractivity contribution >= 4 is 11.5 Å². The predicted octanol–water partition coefficient (Wildman–Crippen LogP) is 3.23. The smallest absolute Gasteiger partial charge is 0.127 e. The number of ether oxygens (including phenoxy) is 1. The van der Waals surface area contributed by atoms with E-state index in [2.05, 4.69) is 21.6 Å². The molecule has 1 aliphatic rings. The van der Waals surface area contributed by atoms with Gasteiger partial charge in [0.1, 0.15) is 11.6 Å². The quantitative estimate of drug-likeness (QED) is 0.670. The van der Waals surface area contributed by atoms with E-state index in [-0.39, 0.29) is 0 Å². The molecule has 1 aliphatic heterocycles. The number of hydrogen-bond acceptors (Lipinski definition) is 5. The fourth-order valence-corrected chi connectivity index (χ4v) is 2.41. The summed E-state index contributed by atoms with van der Waals surface area (Å²) in [5.74, 6) is 1.77. The second kappa shape index (κ2) is 7.63. The van der Waals surface area contributed by atoms with Crippen LogP contribution in [0.3, 0.4) is 0 Å². The molecule has 5 nitrogen and oxygen atoms in total. The van der Waals surface area contributed by atoms with E-state index in [0.29, 0.717) is 0 Å². The molecule has 122 valence electrons. The van der Waals surface area contributed by atoms with Crippen LogP contribution < -0.4 is 10.3 Å². The largest absolute Gasteiger partial charge is 0.496 e. The minimum absolute atomic E-state index is 0.753. The molecular formula is C18H24N4O. The molecule has 0 radical (unpaired) electrons. The Labute approximate surface area is 138 Å². The average Bonchev–Trinajstić information content (AvgIpc) is 2.60. The number of aromatic nitrogens is 1. The molecule has 0 amide bonds. The number of nitrogens with zero attached hydrogens (tertiary/aromatic N) is 3. The van der Waals surface area contributed by atoms with Crippen LogP contribution in [0.1, 0.15) is 25.8 Å². The fraction of sp³-hybridized carbons (Fsp3) is 0.333. The molecule has 0 atom stereocenters. The van der Waals surface area contributed by atoms with Crippen LogP contribution >= 0.6 is 0 Å². The zero-order valence-electron chi connectivity index (χ0n) is 14.4. The Morgan fingerprint density at radius 3 is 2.48 bits per heavy atom. The molecule has 0 fully saturated rings. The van der Waals surface area contributed by atoms with E-state index in [4.69, 9.17) is 4.74 Å². The van der Waals surface area contributed by atoms with Gasteiger partial charge in [-0.25, -0.2) is 4.98 Å². The van der Waals surface area contributed by atoms with Crippen molar-refractivity contribution in [3.8, 4) is 0 Å². The molecule has 0 saturated carbocycles. The molecule has 2 heterocycles. The lowest BCUT2D eigenvalue weighted by Gasteiger charge is -2.19. The number of pyridine rings is 1. The fourth-order valence-electron chi connectivity index (χ4n) is 2.41. The molecule has 1 aromatic heterocycles. The van der Waals surface area contributed by atoms with Crippen LogP contribution in [0.25, 0.3) is 0 Å². The molecule has 0 unspecified atom stereocenters. The van der Waals surface area contributed by atoms with Gasteiger partial charge in [-0.1, -0.05) is 12.2 Å². The minimum Gasteiger partial charge on any atom is -0.496 e. The SMILES string of the molecule is C/C=C(C1=CCC(c2ccc(N(C)C)nc2)=NN1)\C(=C/C)OC. The van der Waals surface area contributed by atoms with Gasteiger partial charge in [0.05, 0.1) is 18.5 Å². The topological polar surface area (TPSA) is 49.8 Å². The Kier molecular flexibility index (Phi) is 5.57. The number of methoxy groups -OCH3 is 1. The van der Waals surface area contributed by atoms with Gasteiger partial charge in [0.2, 0.25) is 0 Å². The summed E-state index contributed by atoms with van der Waals surface area (Å²) in [5.41, 5.74) is 7.10. The monoisotopic (exact) mass is 312 g/mol. The Morgan fingerprint density at radius 1 is 1.26 bits per heavy atom. The summed E-state index contributed by atoms with van der Waals surface area (Å²) in [7, 11) is 5.63. The van der Waals surface area contributed by atoms with Gasteiger partial charge in [-0.2, -0.15) is 5.10 Å². The molecule has 0 aromatic carbocycles. The number of hydrazone groups is 1. The summed E-state index contributed by atoms with van der Waals surface area (Å²) in [6, 6.07) is 4.04. The highest BCUT2D eigenvalue weighted by molar-refractivity contribution is 6.01. The third-order valence-corrected chi connectivity index (χ3v) is 3.68. The van der Waals surface area contributed by atoms with Crippen molar-refractivity contribution < 1.29 is 4.74 Å². The van der Waals surface area contributed by atoms with Crippen molar-refractivity contribution in [1.82, 2.24) is 10.4 Å². The highest BCUT2D eigenvalue weighted by Gasteiger charge is 2.15. The van der Waals surface area contributed by atoms with Gasteiger partial charge in [0, 0.05) is 37.8 Å². The zero-order chi connectivity index (χ0) is 16.8. The van der Waals surface area contributed by atoms with Crippen LogP contribution in [0.15, 0.2) is 58.7 Å². The van der Waals surface area contributed by atoms with E-state index in [1.165, 1.54) is 0 Å². The normalized spacial score (nSPS) is 15.5. The second-order valence-electron chi connectivity index (χ2n) is 5.35. The van der Waals surface area contributed by atoms with Crippen molar-refractivity contribution in [2.45, 2.75) is 20.3 Å². The van der Waals surface area contributed by atoms with Crippen LogP contribution in [-0.2, 0) is 4.74 Å². The van der Waals surface area contributed by atoms with E-state index in [1.54, 1.807) is 7.11 Å². The van der Waals surface area contributed by atoms with Crippen molar-refractivity contribution in [1.29, 1.82) is 0 Å². The molecule has 5 heteroatoms. The first-order valence-corrected chi connectivity index (χ1v) is 7.64. The number of nitrogens with one attached hydrogen (secondary N) is 1. The van der Waals surface area contributed by atoms with Gasteiger partial charge in [0.15, 0.2) is 0 Å². The highest BCUT2D eigenvalue weighted by Crippen LogP contribution is 2.22. The first-order chi connectivity index (χ1) is 11.1. The molecule has 1 aromatic rings. The van der Waals surface area contributed by atoms with Crippen LogP contribution in [-0.4, -0.2) is 31.9 Å². The summed E-state index contributed by atoms with van der Waals surface area (Å²) in [5, 5.41) is 4.50. The maximum absolute atomic E-state index is 5.40. The first-order valence-electron chi connectivity index (χ1n) is 7.64. The lowest BCUT2D eigenvalue weighted by Crippen LogP contribution is -2.19. The average molecular weight is 312 g/mol. The van der Waals surface area contributed by atoms with Gasteiger partial charge < -0.3 is 9.64 Å². The Balaban J connectivity index is 2.13. The van der Waals surface area contributed by atoms with E-state index in [9.17, 15) is 0 Å². The van der Waals surface area contributed by atoms with E-state index >= 15 is 0 Å². The summed E-state index contributed by atoms with van der Waals surface area (Å²) in [6.45, 7) is 3.95. The van der Waals surface area contributed by atoms with E-state index in [0.717, 1.165) is 40.5 Å². The predicted molar refractivity (Wildman–Crippen MR) is 95.5 cm³/mol. The minimum atomic E-state index is 0.753. The van der Waals surface area contributed by atoms with Crippen molar-refractivity contribution in [2.24, 2.45) is 5.10 Å². The number of hydrogen-bond donors (Lipinski definition) is 1. The Bertz CT molecular complexity index is 667. The van der Waals surface area contributed by atoms with Crippen molar-refractivity contribution in [3.63, 3.8) is 0 Å². The number of anilines is 1. The molecule has 0 spiro atoms. The molecule has 0 aliphatic carbocycles. The van der Waals surface area contributed by atoms with E-state index in [1.807, 2.05) is 63.3 Å². The molecular weight excluding hydrogens is 288 g/mol. The van der Waals surface area contributed by atoms with E-state index < -0.39 is 0 Å². The van der Waals surface area contributed by atoms with Crippen LogP contribution in [0, 0.1) is 0 Å². The molecule has 0 saturated heterocycles. The number of allylic oxidation sites excluding steroid dienone is 3. The lowest BCUT2D eigenvalue weighted by molar-refractivity contribution is 0.300. The van der Waals surface area contributed by atoms with Gasteiger partial charge in [-0.15, -0.1) is 0 Å². The molecule has 0 bridgehead atoms. The van der Waals surface area contributed by atoms with Crippen LogP contribution in [0.2, 0.25) is 0 Å². The maximum Gasteiger partial charge on any atom is 0.127 e. The second-order valence-corrected chi connectivity index (χ2v) is 5.35.